The SMILES string of the molecule is COc1cc(C2C3=CCC4C(=O)N(c5cc(C(F)(F)F)cc(C(F)(F)F)c5)C(=O)C4C3CC3C(=O)N(c4cc(C(F)(F)F)cc(C(F)(F)F)c4)C(=O)C32)cc(OC)c1O. The predicted molar refractivity (Wildman–Crippen MR) is 177 cm³/mol. The van der Waals surface area contributed by atoms with E-state index in [0.717, 1.165) is 14.2 Å². The largest absolute Gasteiger partial charge is 0.502 e. The first-order chi connectivity index (χ1) is 27.3. The van der Waals surface area contributed by atoms with Gasteiger partial charge in [0.25, 0.3) is 0 Å². The zero-order chi connectivity index (χ0) is 43.5. The van der Waals surface area contributed by atoms with Crippen LogP contribution in [-0.4, -0.2) is 43.0 Å². The highest BCUT2D eigenvalue weighted by Crippen LogP contribution is 2.60. The minimum atomic E-state index is -5.38. The Morgan fingerprint density at radius 1 is 0.542 bits per heavy atom. The van der Waals surface area contributed by atoms with Crippen LogP contribution in [0.5, 0.6) is 17.2 Å². The van der Waals surface area contributed by atoms with Crippen LogP contribution in [0.1, 0.15) is 46.6 Å². The fourth-order valence-corrected chi connectivity index (χ4v) is 8.70. The van der Waals surface area contributed by atoms with Crippen LogP contribution in [0.4, 0.5) is 64.1 Å². The van der Waals surface area contributed by atoms with Crippen molar-refractivity contribution in [2.45, 2.75) is 43.5 Å². The van der Waals surface area contributed by atoms with Gasteiger partial charge in [-0.15, -0.1) is 0 Å². The first-order valence-corrected chi connectivity index (χ1v) is 17.3. The van der Waals surface area contributed by atoms with Gasteiger partial charge in [-0.25, -0.2) is 9.80 Å². The van der Waals surface area contributed by atoms with Crippen molar-refractivity contribution in [2.75, 3.05) is 24.0 Å². The van der Waals surface area contributed by atoms with Crippen LogP contribution >= 0.6 is 0 Å². The molecule has 2 saturated heterocycles. The number of methoxy groups -OCH3 is 2. The van der Waals surface area contributed by atoms with E-state index < -0.39 is 130 Å². The number of aromatic hydroxyl groups is 1. The number of benzene rings is 3. The summed E-state index contributed by atoms with van der Waals surface area (Å²) < 4.78 is 177. The number of carbonyl (C=O) groups is 4. The number of phenols is 1. The predicted octanol–water partition coefficient (Wildman–Crippen LogP) is 8.53. The van der Waals surface area contributed by atoms with Crippen molar-refractivity contribution in [3.63, 3.8) is 0 Å². The number of alkyl halides is 12. The van der Waals surface area contributed by atoms with Crippen LogP contribution in [0, 0.1) is 29.6 Å². The smallest absolute Gasteiger partial charge is 0.416 e. The molecule has 3 aromatic rings. The molecule has 0 spiro atoms. The van der Waals surface area contributed by atoms with Crippen LogP contribution in [0.2, 0.25) is 0 Å². The third-order valence-electron chi connectivity index (χ3n) is 11.2. The third-order valence-corrected chi connectivity index (χ3v) is 11.2. The molecule has 3 fully saturated rings. The van der Waals surface area contributed by atoms with Crippen molar-refractivity contribution in [1.82, 2.24) is 0 Å². The Balaban J connectivity index is 1.38. The Morgan fingerprint density at radius 3 is 1.32 bits per heavy atom. The number of rotatable bonds is 5. The molecule has 21 heteroatoms. The molecule has 7 rings (SSSR count). The number of hydrogen-bond acceptors (Lipinski definition) is 7. The Hall–Kier alpha value is -5.76. The molecule has 4 amide bonds. The highest BCUT2D eigenvalue weighted by molar-refractivity contribution is 6.24. The van der Waals surface area contributed by atoms with Gasteiger partial charge in [0.1, 0.15) is 0 Å². The van der Waals surface area contributed by atoms with Crippen molar-refractivity contribution < 1.29 is 86.4 Å². The first-order valence-electron chi connectivity index (χ1n) is 17.3. The van der Waals surface area contributed by atoms with Crippen LogP contribution in [-0.2, 0) is 43.9 Å². The summed E-state index contributed by atoms with van der Waals surface area (Å²) in [7, 11) is 2.25. The zero-order valence-corrected chi connectivity index (χ0v) is 29.9. The van der Waals surface area contributed by atoms with Gasteiger partial charge in [0.2, 0.25) is 29.4 Å². The standard InChI is InChI=1S/C38H26F12N2O7/c1-58-25-5-14(6-26(59-2)30(25)53)27-21-3-4-22-28(33(56)51(31(22)54)19-9-15(35(39,40)41)7-16(10-19)36(42,43)44)23(21)13-24-29(27)34(57)52(32(24)55)20-11-17(37(45,46)47)8-18(12-20)38(48,49)50/h3,5-12,22-24,27-29,53H,4,13H2,1-2H3. The van der Waals surface area contributed by atoms with E-state index in [1.165, 1.54) is 18.2 Å². The number of allylic oxidation sites excluding steroid dienone is 2. The highest BCUT2D eigenvalue weighted by Gasteiger charge is 2.63. The molecule has 2 aliphatic heterocycles. The van der Waals surface area contributed by atoms with Gasteiger partial charge in [-0.1, -0.05) is 11.6 Å². The van der Waals surface area contributed by atoms with Gasteiger partial charge in [0.05, 0.1) is 71.5 Å². The molecule has 6 unspecified atom stereocenters. The van der Waals surface area contributed by atoms with E-state index >= 15 is 0 Å². The topological polar surface area (TPSA) is 113 Å². The second-order valence-corrected chi connectivity index (χ2v) is 14.4. The highest BCUT2D eigenvalue weighted by atomic mass is 19.4. The number of imide groups is 2. The molecule has 59 heavy (non-hydrogen) atoms. The molecule has 0 bridgehead atoms. The Bertz CT molecular complexity index is 2240. The minimum absolute atomic E-state index is 0.0187. The first kappa shape index (κ1) is 41.4. The molecule has 6 atom stereocenters. The van der Waals surface area contributed by atoms with E-state index in [1.54, 1.807) is 0 Å². The van der Waals surface area contributed by atoms with Gasteiger partial charge in [-0.3, -0.25) is 19.2 Å². The van der Waals surface area contributed by atoms with Gasteiger partial charge in [0, 0.05) is 5.92 Å². The van der Waals surface area contributed by atoms with Gasteiger partial charge >= 0.3 is 24.7 Å². The average Bonchev–Trinajstić information content (AvgIpc) is 3.55. The molecule has 0 aromatic heterocycles. The summed E-state index contributed by atoms with van der Waals surface area (Å²) in [5.74, 6) is -15.1. The van der Waals surface area contributed by atoms with Crippen molar-refractivity contribution in [2.24, 2.45) is 29.6 Å². The van der Waals surface area contributed by atoms with E-state index in [0.29, 0.717) is 0 Å². The van der Waals surface area contributed by atoms with Gasteiger partial charge in [-0.2, -0.15) is 52.7 Å². The summed E-state index contributed by atoms with van der Waals surface area (Å²) in [4.78, 5) is 57.1. The summed E-state index contributed by atoms with van der Waals surface area (Å²) in [5.41, 5.74) is -9.34. The quantitative estimate of drug-likeness (QED) is 0.156. The summed E-state index contributed by atoms with van der Waals surface area (Å²) in [5, 5.41) is 10.7. The molecular weight excluding hydrogens is 824 g/mol. The molecule has 1 N–H and O–H groups in total. The number of ether oxygens (including phenoxy) is 2. The third kappa shape index (κ3) is 6.80. The zero-order valence-electron chi connectivity index (χ0n) is 29.9. The summed E-state index contributed by atoms with van der Waals surface area (Å²) in [6, 6.07) is 2.69. The van der Waals surface area contributed by atoms with Gasteiger partial charge in [0.15, 0.2) is 11.5 Å². The molecule has 9 nitrogen and oxygen atoms in total. The summed E-state index contributed by atoms with van der Waals surface area (Å²) >= 11 is 0. The van der Waals surface area contributed by atoms with Crippen molar-refractivity contribution in [1.29, 1.82) is 0 Å². The molecular formula is C38H26F12N2O7. The lowest BCUT2D eigenvalue weighted by atomic mass is 9.57. The molecule has 2 heterocycles. The van der Waals surface area contributed by atoms with Gasteiger partial charge < -0.3 is 14.6 Å². The molecule has 1 saturated carbocycles. The molecule has 0 radical (unpaired) electrons. The Labute approximate surface area is 323 Å². The number of anilines is 2. The maximum atomic E-state index is 14.4. The fraction of sp³-hybridized carbons (Fsp3) is 0.368. The molecule has 314 valence electrons. The maximum Gasteiger partial charge on any atom is 0.416 e. The Kier molecular flexibility index (Phi) is 9.58. The van der Waals surface area contributed by atoms with Crippen LogP contribution < -0.4 is 19.3 Å². The number of halogens is 12. The molecule has 4 aliphatic rings. The monoisotopic (exact) mass is 850 g/mol. The number of hydrogen-bond donors (Lipinski definition) is 1. The number of amides is 4. The van der Waals surface area contributed by atoms with E-state index in [4.69, 9.17) is 9.47 Å². The van der Waals surface area contributed by atoms with Crippen LogP contribution in [0.3, 0.4) is 0 Å². The second-order valence-electron chi connectivity index (χ2n) is 14.4. The molecule has 3 aromatic carbocycles. The van der Waals surface area contributed by atoms with Crippen molar-refractivity contribution in [3.05, 3.63) is 88.0 Å². The lowest BCUT2D eigenvalue weighted by molar-refractivity contribution is -0.144. The summed E-state index contributed by atoms with van der Waals surface area (Å²) in [6.07, 6.45) is -21.0. The van der Waals surface area contributed by atoms with Crippen molar-refractivity contribution in [3.8, 4) is 17.2 Å². The van der Waals surface area contributed by atoms with Crippen LogP contribution in [0.15, 0.2) is 60.2 Å². The maximum absolute atomic E-state index is 14.4. The number of carbonyl (C=O) groups excluding carboxylic acids is 4. The normalized spacial score (nSPS) is 24.9. The van der Waals surface area contributed by atoms with Gasteiger partial charge in [-0.05, 0) is 72.9 Å². The fourth-order valence-electron chi connectivity index (χ4n) is 8.70. The average molecular weight is 851 g/mol. The van der Waals surface area contributed by atoms with Crippen molar-refractivity contribution >= 4 is 35.0 Å². The number of nitrogens with zero attached hydrogens (tertiary/aromatic N) is 2. The number of fused-ring (bicyclic) bond motifs is 4. The minimum Gasteiger partial charge on any atom is -0.502 e. The van der Waals surface area contributed by atoms with E-state index in [1.807, 2.05) is 0 Å². The lowest BCUT2D eigenvalue weighted by Crippen LogP contribution is -2.43. The second kappa shape index (κ2) is 13.7. The summed E-state index contributed by atoms with van der Waals surface area (Å²) in [6.45, 7) is 0. The molecule has 2 aliphatic carbocycles. The van der Waals surface area contributed by atoms with E-state index in [2.05, 4.69) is 0 Å². The van der Waals surface area contributed by atoms with Crippen LogP contribution in [0.25, 0.3) is 0 Å². The number of phenolic OH excluding ortho intramolecular Hbond substituents is 1. The van der Waals surface area contributed by atoms with E-state index in [-0.39, 0.29) is 75.3 Å². The Morgan fingerprint density at radius 2 is 0.932 bits per heavy atom. The lowest BCUT2D eigenvalue weighted by Gasteiger charge is -2.44. The van der Waals surface area contributed by atoms with E-state index in [9.17, 15) is 77.0 Å².